The van der Waals surface area contributed by atoms with Gasteiger partial charge in [-0.15, -0.1) is 0 Å². The standard InChI is InChI=1S/C10H21BrO4Si/c1-9-7-13-8-10(2)15-16(12-3,14-9)6-4-5-11/h9-10H,4-8H2,1-3H3. The van der Waals surface area contributed by atoms with Crippen molar-refractivity contribution in [1.82, 2.24) is 0 Å². The van der Waals surface area contributed by atoms with Crippen LogP contribution in [0.5, 0.6) is 0 Å². The molecule has 1 saturated heterocycles. The number of hydrogen-bond acceptors (Lipinski definition) is 4. The maximum absolute atomic E-state index is 5.95. The number of halogens is 1. The number of ether oxygens (including phenoxy) is 1. The lowest BCUT2D eigenvalue weighted by Gasteiger charge is -2.35. The molecule has 6 heteroatoms. The highest BCUT2D eigenvalue weighted by molar-refractivity contribution is 9.09. The Bertz CT molecular complexity index is 193. The average Bonchev–Trinajstić information content (AvgIpc) is 2.23. The Balaban J connectivity index is 2.66. The molecule has 0 spiro atoms. The van der Waals surface area contributed by atoms with Gasteiger partial charge in [0.2, 0.25) is 0 Å². The molecule has 1 fully saturated rings. The first kappa shape index (κ1) is 14.6. The first-order valence-electron chi connectivity index (χ1n) is 5.66. The van der Waals surface area contributed by atoms with Crippen LogP contribution in [0.2, 0.25) is 6.04 Å². The van der Waals surface area contributed by atoms with Crippen molar-refractivity contribution in [3.05, 3.63) is 0 Å². The summed E-state index contributed by atoms with van der Waals surface area (Å²) in [5.41, 5.74) is 0. The maximum atomic E-state index is 5.95. The van der Waals surface area contributed by atoms with Crippen LogP contribution in [0, 0.1) is 0 Å². The van der Waals surface area contributed by atoms with Crippen molar-refractivity contribution in [2.75, 3.05) is 25.7 Å². The molecule has 16 heavy (non-hydrogen) atoms. The fourth-order valence-corrected chi connectivity index (χ4v) is 5.17. The van der Waals surface area contributed by atoms with Crippen LogP contribution in [0.4, 0.5) is 0 Å². The van der Waals surface area contributed by atoms with Crippen LogP contribution in [0.25, 0.3) is 0 Å². The Labute approximate surface area is 107 Å². The van der Waals surface area contributed by atoms with E-state index in [9.17, 15) is 0 Å². The number of alkyl halides is 1. The summed E-state index contributed by atoms with van der Waals surface area (Å²) in [7, 11) is -0.813. The predicted octanol–water partition coefficient (Wildman–Crippen LogP) is 2.20. The minimum atomic E-state index is -2.50. The molecule has 1 heterocycles. The van der Waals surface area contributed by atoms with Crippen molar-refractivity contribution in [3.63, 3.8) is 0 Å². The van der Waals surface area contributed by atoms with Gasteiger partial charge in [0.25, 0.3) is 0 Å². The molecule has 0 N–H and O–H groups in total. The second kappa shape index (κ2) is 7.08. The molecule has 0 amide bonds. The summed E-state index contributed by atoms with van der Waals surface area (Å²) in [5.74, 6) is 0. The normalized spacial score (nSPS) is 36.8. The Morgan fingerprint density at radius 2 is 1.81 bits per heavy atom. The molecule has 0 radical (unpaired) electrons. The van der Waals surface area contributed by atoms with Gasteiger partial charge in [-0.1, -0.05) is 15.9 Å². The molecule has 2 atom stereocenters. The zero-order chi connectivity index (χ0) is 12.0. The third kappa shape index (κ3) is 4.42. The molecule has 2 unspecified atom stereocenters. The van der Waals surface area contributed by atoms with E-state index in [-0.39, 0.29) is 12.2 Å². The van der Waals surface area contributed by atoms with Gasteiger partial charge in [0.15, 0.2) is 0 Å². The van der Waals surface area contributed by atoms with E-state index in [1.807, 2.05) is 13.8 Å². The monoisotopic (exact) mass is 312 g/mol. The van der Waals surface area contributed by atoms with E-state index in [0.717, 1.165) is 17.8 Å². The molecule has 0 aromatic carbocycles. The Morgan fingerprint density at radius 3 is 2.25 bits per heavy atom. The molecule has 1 aliphatic rings. The van der Waals surface area contributed by atoms with Gasteiger partial charge in [0.05, 0.1) is 25.4 Å². The van der Waals surface area contributed by atoms with E-state index >= 15 is 0 Å². The SMILES string of the molecule is CO[Si]1(CCCBr)OC(C)COCC(C)O1. The zero-order valence-electron chi connectivity index (χ0n) is 10.2. The van der Waals surface area contributed by atoms with Crippen molar-refractivity contribution in [2.45, 2.75) is 38.5 Å². The summed E-state index contributed by atoms with van der Waals surface area (Å²) in [4.78, 5) is 0. The van der Waals surface area contributed by atoms with E-state index in [2.05, 4.69) is 15.9 Å². The van der Waals surface area contributed by atoms with Gasteiger partial charge in [0.1, 0.15) is 0 Å². The average molecular weight is 313 g/mol. The summed E-state index contributed by atoms with van der Waals surface area (Å²) in [6, 6.07) is 0.851. The quantitative estimate of drug-likeness (QED) is 0.589. The van der Waals surface area contributed by atoms with Crippen LogP contribution in [-0.2, 0) is 18.0 Å². The smallest absolute Gasteiger partial charge is 0.377 e. The van der Waals surface area contributed by atoms with Crippen molar-refractivity contribution in [2.24, 2.45) is 0 Å². The summed E-state index contributed by atoms with van der Waals surface area (Å²) in [6.45, 7) is 5.21. The van der Waals surface area contributed by atoms with Crippen LogP contribution in [0.15, 0.2) is 0 Å². The third-order valence-electron chi connectivity index (χ3n) is 2.39. The molecule has 0 aromatic rings. The van der Waals surface area contributed by atoms with Crippen molar-refractivity contribution in [3.8, 4) is 0 Å². The lowest BCUT2D eigenvalue weighted by molar-refractivity contribution is -0.0674. The second-order valence-corrected chi connectivity index (χ2v) is 7.61. The topological polar surface area (TPSA) is 36.9 Å². The van der Waals surface area contributed by atoms with E-state index in [1.165, 1.54) is 0 Å². The molecule has 96 valence electrons. The predicted molar refractivity (Wildman–Crippen MR) is 67.9 cm³/mol. The lowest BCUT2D eigenvalue weighted by Crippen LogP contribution is -2.52. The molecule has 0 aromatic heterocycles. The first-order valence-corrected chi connectivity index (χ1v) is 8.71. The Kier molecular flexibility index (Phi) is 6.46. The number of rotatable bonds is 4. The van der Waals surface area contributed by atoms with Gasteiger partial charge in [-0.05, 0) is 20.3 Å². The van der Waals surface area contributed by atoms with Crippen molar-refractivity contribution >= 4 is 24.7 Å². The molecular weight excluding hydrogens is 292 g/mol. The highest BCUT2D eigenvalue weighted by atomic mass is 79.9. The van der Waals surface area contributed by atoms with Gasteiger partial charge in [-0.2, -0.15) is 0 Å². The van der Waals surface area contributed by atoms with E-state index in [4.69, 9.17) is 18.0 Å². The molecule has 4 nitrogen and oxygen atoms in total. The van der Waals surface area contributed by atoms with E-state index in [0.29, 0.717) is 13.2 Å². The van der Waals surface area contributed by atoms with Gasteiger partial charge in [-0.25, -0.2) is 0 Å². The van der Waals surface area contributed by atoms with Crippen LogP contribution >= 0.6 is 15.9 Å². The van der Waals surface area contributed by atoms with Crippen molar-refractivity contribution in [1.29, 1.82) is 0 Å². The number of hydrogen-bond donors (Lipinski definition) is 0. The van der Waals surface area contributed by atoms with E-state index < -0.39 is 8.80 Å². The summed E-state index contributed by atoms with van der Waals surface area (Å²) in [5, 5.41) is 0.942. The van der Waals surface area contributed by atoms with Crippen LogP contribution < -0.4 is 0 Å². The van der Waals surface area contributed by atoms with Crippen LogP contribution in [-0.4, -0.2) is 46.7 Å². The highest BCUT2D eigenvalue weighted by Crippen LogP contribution is 2.23. The molecular formula is C10H21BrO4Si. The molecule has 1 aliphatic heterocycles. The fourth-order valence-electron chi connectivity index (χ4n) is 1.71. The minimum Gasteiger partial charge on any atom is -0.377 e. The fraction of sp³-hybridized carbons (Fsp3) is 1.00. The Hall–Kier alpha value is 0.537. The van der Waals surface area contributed by atoms with Crippen LogP contribution in [0.1, 0.15) is 20.3 Å². The summed E-state index contributed by atoms with van der Waals surface area (Å²) in [6.07, 6.45) is 1.07. The van der Waals surface area contributed by atoms with Gasteiger partial charge < -0.3 is 18.0 Å². The zero-order valence-corrected chi connectivity index (χ0v) is 12.8. The maximum Gasteiger partial charge on any atom is 0.501 e. The summed E-state index contributed by atoms with van der Waals surface area (Å²) < 4.78 is 22.9. The molecule has 0 aliphatic carbocycles. The van der Waals surface area contributed by atoms with Crippen LogP contribution in [0.3, 0.4) is 0 Å². The van der Waals surface area contributed by atoms with Gasteiger partial charge >= 0.3 is 8.80 Å². The first-order chi connectivity index (χ1) is 7.62. The van der Waals surface area contributed by atoms with Gasteiger partial charge in [0, 0.05) is 18.5 Å². The van der Waals surface area contributed by atoms with E-state index in [1.54, 1.807) is 7.11 Å². The molecule has 0 saturated carbocycles. The van der Waals surface area contributed by atoms with Gasteiger partial charge in [-0.3, -0.25) is 0 Å². The summed E-state index contributed by atoms with van der Waals surface area (Å²) >= 11 is 3.43. The molecule has 1 rings (SSSR count). The largest absolute Gasteiger partial charge is 0.501 e. The third-order valence-corrected chi connectivity index (χ3v) is 6.07. The second-order valence-electron chi connectivity index (χ2n) is 4.07. The lowest BCUT2D eigenvalue weighted by atomic mass is 10.4. The van der Waals surface area contributed by atoms with Crippen molar-refractivity contribution < 1.29 is 18.0 Å². The highest BCUT2D eigenvalue weighted by Gasteiger charge is 2.43. The Morgan fingerprint density at radius 1 is 1.25 bits per heavy atom. The minimum absolute atomic E-state index is 0.0365. The molecule has 0 bridgehead atoms.